The van der Waals surface area contributed by atoms with Gasteiger partial charge in [0.15, 0.2) is 5.11 Å². The molecule has 2 aromatic heterocycles. The van der Waals surface area contributed by atoms with Crippen molar-refractivity contribution in [3.8, 4) is 5.69 Å². The van der Waals surface area contributed by atoms with Gasteiger partial charge in [0.1, 0.15) is 0 Å². The Hall–Kier alpha value is -2.86. The SMILES string of the molecule is Cc1cc(C)cc(N2C(=S)N[C@@H](c3ccccn3)[C@@H]2c2cc(C)n(-c3ccc(Cl)cc3Cl)c2C)c1. The summed E-state index contributed by atoms with van der Waals surface area (Å²) in [5.41, 5.74) is 8.65. The maximum atomic E-state index is 6.63. The van der Waals surface area contributed by atoms with Gasteiger partial charge in [-0.1, -0.05) is 35.3 Å². The number of nitrogens with zero attached hydrogens (tertiary/aromatic N) is 3. The Morgan fingerprint density at radius 2 is 1.66 bits per heavy atom. The maximum Gasteiger partial charge on any atom is 0.174 e. The second kappa shape index (κ2) is 9.30. The van der Waals surface area contributed by atoms with Crippen LogP contribution >= 0.6 is 35.4 Å². The molecule has 0 amide bonds. The molecule has 35 heavy (non-hydrogen) atoms. The standard InChI is InChI=1S/C28H26Cl2N4S/c1-16-11-17(2)13-21(12-16)34-27(26(32-28(34)35)24-7-5-6-10-31-24)22-14-18(3)33(19(22)4)25-9-8-20(29)15-23(25)30/h5-15,26-27H,1-4H3,(H,32,35)/t26-,27-/m0/s1. The minimum atomic E-state index is -0.112. The van der Waals surface area contributed by atoms with Crippen LogP contribution in [0.3, 0.4) is 0 Å². The van der Waals surface area contributed by atoms with Gasteiger partial charge in [0.25, 0.3) is 0 Å². The molecule has 0 unspecified atom stereocenters. The smallest absolute Gasteiger partial charge is 0.174 e. The van der Waals surface area contributed by atoms with Gasteiger partial charge in [-0.3, -0.25) is 4.98 Å². The monoisotopic (exact) mass is 520 g/mol. The fourth-order valence-electron chi connectivity index (χ4n) is 5.16. The Morgan fingerprint density at radius 3 is 2.31 bits per heavy atom. The van der Waals surface area contributed by atoms with Gasteiger partial charge in [-0.2, -0.15) is 0 Å². The van der Waals surface area contributed by atoms with Gasteiger partial charge in [-0.05, 0) is 105 Å². The third-order valence-electron chi connectivity index (χ3n) is 6.52. The van der Waals surface area contributed by atoms with Crippen molar-refractivity contribution in [3.05, 3.63) is 111 Å². The number of hydrogen-bond donors (Lipinski definition) is 1. The summed E-state index contributed by atoms with van der Waals surface area (Å²) in [5, 5.41) is 5.47. The van der Waals surface area contributed by atoms with Crippen LogP contribution in [0.5, 0.6) is 0 Å². The second-order valence-corrected chi connectivity index (χ2v) is 10.3. The predicted molar refractivity (Wildman–Crippen MR) is 149 cm³/mol. The summed E-state index contributed by atoms with van der Waals surface area (Å²) in [7, 11) is 0. The van der Waals surface area contributed by atoms with E-state index in [1.807, 2.05) is 36.5 Å². The molecule has 178 valence electrons. The van der Waals surface area contributed by atoms with Crippen molar-refractivity contribution in [1.29, 1.82) is 0 Å². The summed E-state index contributed by atoms with van der Waals surface area (Å²) >= 11 is 18.7. The largest absolute Gasteiger partial charge is 0.351 e. The van der Waals surface area contributed by atoms with E-state index in [0.717, 1.165) is 34.0 Å². The van der Waals surface area contributed by atoms with Crippen molar-refractivity contribution >= 4 is 46.2 Å². The molecule has 1 N–H and O–H groups in total. The zero-order valence-corrected chi connectivity index (χ0v) is 22.3. The van der Waals surface area contributed by atoms with E-state index in [9.17, 15) is 0 Å². The predicted octanol–water partition coefficient (Wildman–Crippen LogP) is 7.59. The minimum absolute atomic E-state index is 0.0929. The van der Waals surface area contributed by atoms with Gasteiger partial charge < -0.3 is 14.8 Å². The highest BCUT2D eigenvalue weighted by Crippen LogP contribution is 2.44. The average Bonchev–Trinajstić information content (AvgIpc) is 3.29. The van der Waals surface area contributed by atoms with Crippen LogP contribution in [0, 0.1) is 27.7 Å². The van der Waals surface area contributed by atoms with Crippen LogP contribution in [0.4, 0.5) is 5.69 Å². The third kappa shape index (κ3) is 4.33. The number of aromatic nitrogens is 2. The molecule has 0 radical (unpaired) electrons. The summed E-state index contributed by atoms with van der Waals surface area (Å²) in [5.74, 6) is 0. The van der Waals surface area contributed by atoms with E-state index < -0.39 is 0 Å². The second-order valence-electron chi connectivity index (χ2n) is 9.10. The number of benzene rings is 2. The van der Waals surface area contributed by atoms with Gasteiger partial charge >= 0.3 is 0 Å². The van der Waals surface area contributed by atoms with Crippen molar-refractivity contribution in [3.63, 3.8) is 0 Å². The Kier molecular flexibility index (Phi) is 6.34. The normalized spacial score (nSPS) is 17.7. The zero-order chi connectivity index (χ0) is 24.9. The van der Waals surface area contributed by atoms with Gasteiger partial charge in [0.05, 0.1) is 28.5 Å². The quantitative estimate of drug-likeness (QED) is 0.281. The van der Waals surface area contributed by atoms with E-state index in [1.165, 1.54) is 11.1 Å². The van der Waals surface area contributed by atoms with Crippen LogP contribution in [0.1, 0.15) is 45.9 Å². The van der Waals surface area contributed by atoms with Crippen molar-refractivity contribution in [2.75, 3.05) is 4.90 Å². The molecule has 4 nitrogen and oxygen atoms in total. The van der Waals surface area contributed by atoms with Crippen LogP contribution < -0.4 is 10.2 Å². The third-order valence-corrected chi connectivity index (χ3v) is 7.37. The molecule has 0 saturated carbocycles. The van der Waals surface area contributed by atoms with Gasteiger partial charge in [-0.25, -0.2) is 0 Å². The number of anilines is 1. The fraction of sp³-hybridized carbons (Fsp3) is 0.214. The molecular formula is C28H26Cl2N4S. The lowest BCUT2D eigenvalue weighted by atomic mass is 9.96. The highest BCUT2D eigenvalue weighted by molar-refractivity contribution is 7.80. The molecule has 1 saturated heterocycles. The lowest BCUT2D eigenvalue weighted by Crippen LogP contribution is -2.29. The Balaban J connectivity index is 1.71. The summed E-state index contributed by atoms with van der Waals surface area (Å²) in [6.07, 6.45) is 1.83. The summed E-state index contributed by atoms with van der Waals surface area (Å²) in [6.45, 7) is 8.45. The Bertz CT molecular complexity index is 1410. The van der Waals surface area contributed by atoms with Crippen molar-refractivity contribution < 1.29 is 0 Å². The highest BCUT2D eigenvalue weighted by atomic mass is 35.5. The zero-order valence-electron chi connectivity index (χ0n) is 20.0. The molecule has 1 fully saturated rings. The molecule has 3 heterocycles. The van der Waals surface area contributed by atoms with Crippen LogP contribution in [0.25, 0.3) is 5.69 Å². The molecule has 2 atom stereocenters. The van der Waals surface area contributed by atoms with E-state index in [4.69, 9.17) is 35.4 Å². The molecule has 7 heteroatoms. The number of hydrogen-bond acceptors (Lipinski definition) is 2. The number of pyridine rings is 1. The molecule has 1 aliphatic rings. The molecule has 1 aliphatic heterocycles. The first-order valence-corrected chi connectivity index (χ1v) is 12.6. The lowest BCUT2D eigenvalue weighted by molar-refractivity contribution is 0.565. The first-order valence-electron chi connectivity index (χ1n) is 11.5. The van der Waals surface area contributed by atoms with Crippen molar-refractivity contribution in [1.82, 2.24) is 14.9 Å². The van der Waals surface area contributed by atoms with Crippen LogP contribution in [0.2, 0.25) is 10.0 Å². The molecule has 0 bridgehead atoms. The summed E-state index contributed by atoms with van der Waals surface area (Å²) in [6, 6.07) is 20.2. The topological polar surface area (TPSA) is 33.1 Å². The van der Waals surface area contributed by atoms with Crippen molar-refractivity contribution in [2.45, 2.75) is 39.8 Å². The molecule has 5 rings (SSSR count). The van der Waals surface area contributed by atoms with Crippen LogP contribution in [-0.4, -0.2) is 14.7 Å². The summed E-state index contributed by atoms with van der Waals surface area (Å²) in [4.78, 5) is 6.91. The number of rotatable bonds is 4. The maximum absolute atomic E-state index is 6.63. The first-order chi connectivity index (χ1) is 16.7. The van der Waals surface area contributed by atoms with E-state index in [-0.39, 0.29) is 12.1 Å². The van der Waals surface area contributed by atoms with Crippen LogP contribution in [-0.2, 0) is 0 Å². The first kappa shape index (κ1) is 23.9. The lowest BCUT2D eigenvalue weighted by Gasteiger charge is -2.29. The van der Waals surface area contributed by atoms with E-state index >= 15 is 0 Å². The van der Waals surface area contributed by atoms with Gasteiger partial charge in [0.2, 0.25) is 0 Å². The molecule has 0 spiro atoms. The Morgan fingerprint density at radius 1 is 0.914 bits per heavy atom. The summed E-state index contributed by atoms with van der Waals surface area (Å²) < 4.78 is 2.19. The molecule has 0 aliphatic carbocycles. The van der Waals surface area contributed by atoms with Crippen molar-refractivity contribution in [2.24, 2.45) is 0 Å². The Labute approximate surface area is 221 Å². The van der Waals surface area contributed by atoms with Crippen LogP contribution in [0.15, 0.2) is 66.9 Å². The molecule has 2 aromatic carbocycles. The number of aryl methyl sites for hydroxylation is 3. The minimum Gasteiger partial charge on any atom is -0.351 e. The fourth-order valence-corrected chi connectivity index (χ4v) is 6.00. The highest BCUT2D eigenvalue weighted by Gasteiger charge is 2.42. The molecular weight excluding hydrogens is 495 g/mol. The molecule has 4 aromatic rings. The van der Waals surface area contributed by atoms with Gasteiger partial charge in [-0.15, -0.1) is 0 Å². The number of thiocarbonyl (C=S) groups is 1. The number of halogens is 2. The number of nitrogens with one attached hydrogen (secondary N) is 1. The van der Waals surface area contributed by atoms with Gasteiger partial charge in [0, 0.05) is 28.3 Å². The van der Waals surface area contributed by atoms with E-state index in [2.05, 4.69) is 71.7 Å². The van der Waals surface area contributed by atoms with E-state index in [1.54, 1.807) is 6.07 Å². The average molecular weight is 522 g/mol. The van der Waals surface area contributed by atoms with E-state index in [0.29, 0.717) is 15.2 Å².